The molecule has 2 bridgehead atoms. The van der Waals surface area contributed by atoms with Crippen LogP contribution in [0.5, 0.6) is 0 Å². The second kappa shape index (κ2) is 3.25. The molecule has 0 amide bonds. The highest BCUT2D eigenvalue weighted by Gasteiger charge is 2.49. The molecule has 0 heterocycles. The Morgan fingerprint density at radius 2 is 1.85 bits per heavy atom. The molecule has 2 rings (SSSR count). The topological polar surface area (TPSA) is 29.5 Å². The van der Waals surface area contributed by atoms with E-state index in [4.69, 9.17) is 4.74 Å². The van der Waals surface area contributed by atoms with Crippen molar-refractivity contribution in [3.8, 4) is 0 Å². The summed E-state index contributed by atoms with van der Waals surface area (Å²) in [5, 5.41) is 9.83. The van der Waals surface area contributed by atoms with Crippen molar-refractivity contribution in [2.75, 3.05) is 7.11 Å². The second-order valence-corrected chi connectivity index (χ2v) is 4.88. The van der Waals surface area contributed by atoms with Crippen LogP contribution < -0.4 is 0 Å². The highest BCUT2D eigenvalue weighted by atomic mass is 16.5. The van der Waals surface area contributed by atoms with Gasteiger partial charge in [0.1, 0.15) is 0 Å². The largest absolute Gasteiger partial charge is 0.393 e. The summed E-state index contributed by atoms with van der Waals surface area (Å²) in [7, 11) is 1.81. The summed E-state index contributed by atoms with van der Waals surface area (Å²) in [5.41, 5.74) is 0. The molecule has 2 heteroatoms. The molecule has 0 radical (unpaired) electrons. The summed E-state index contributed by atoms with van der Waals surface area (Å²) < 4.78 is 5.54. The van der Waals surface area contributed by atoms with Crippen molar-refractivity contribution in [1.29, 1.82) is 0 Å². The molecule has 0 aromatic heterocycles. The van der Waals surface area contributed by atoms with Gasteiger partial charge in [0.15, 0.2) is 0 Å². The normalized spacial score (nSPS) is 55.4. The Labute approximate surface area is 80.3 Å². The Balaban J connectivity index is 2.18. The van der Waals surface area contributed by atoms with E-state index in [0.717, 1.165) is 6.42 Å². The predicted molar refractivity (Wildman–Crippen MR) is 51.3 cm³/mol. The van der Waals surface area contributed by atoms with Gasteiger partial charge < -0.3 is 9.84 Å². The Morgan fingerprint density at radius 3 is 2.46 bits per heavy atom. The van der Waals surface area contributed by atoms with Gasteiger partial charge in [-0.05, 0) is 36.5 Å². The van der Waals surface area contributed by atoms with Crippen LogP contribution in [0.4, 0.5) is 0 Å². The molecule has 6 atom stereocenters. The van der Waals surface area contributed by atoms with E-state index in [2.05, 4.69) is 13.8 Å². The van der Waals surface area contributed by atoms with Crippen LogP contribution in [0.25, 0.3) is 0 Å². The average Bonchev–Trinajstić information content (AvgIpc) is 2.37. The van der Waals surface area contributed by atoms with Gasteiger partial charge in [0.05, 0.1) is 12.2 Å². The number of hydrogen-bond donors (Lipinski definition) is 1. The van der Waals surface area contributed by atoms with E-state index in [1.165, 1.54) is 6.42 Å². The van der Waals surface area contributed by atoms with Gasteiger partial charge >= 0.3 is 0 Å². The van der Waals surface area contributed by atoms with Crippen LogP contribution in [0, 0.1) is 23.7 Å². The van der Waals surface area contributed by atoms with Gasteiger partial charge in [0, 0.05) is 7.11 Å². The summed E-state index contributed by atoms with van der Waals surface area (Å²) in [5.74, 6) is 2.34. The molecule has 0 saturated heterocycles. The van der Waals surface area contributed by atoms with Crippen LogP contribution >= 0.6 is 0 Å². The van der Waals surface area contributed by atoms with Gasteiger partial charge in [-0.15, -0.1) is 0 Å². The Kier molecular flexibility index (Phi) is 2.37. The van der Waals surface area contributed by atoms with E-state index in [9.17, 15) is 5.11 Å². The molecule has 13 heavy (non-hydrogen) atoms. The number of aliphatic hydroxyl groups excluding tert-OH is 1. The second-order valence-electron chi connectivity index (χ2n) is 4.88. The monoisotopic (exact) mass is 184 g/mol. The van der Waals surface area contributed by atoms with Crippen molar-refractivity contribution < 1.29 is 9.84 Å². The fourth-order valence-electron chi connectivity index (χ4n) is 3.38. The number of methoxy groups -OCH3 is 1. The Hall–Kier alpha value is -0.0800. The fourth-order valence-corrected chi connectivity index (χ4v) is 3.38. The minimum atomic E-state index is -0.0913. The molecule has 0 spiro atoms. The molecule has 2 fully saturated rings. The van der Waals surface area contributed by atoms with E-state index in [-0.39, 0.29) is 6.10 Å². The standard InChI is InChI=1S/C11H20O2/c1-6-8-4-9(11(6)13-3)7(2)10(12)5-8/h6-12H,4-5H2,1-3H3. The zero-order valence-electron chi connectivity index (χ0n) is 8.73. The van der Waals surface area contributed by atoms with Crippen LogP contribution in [-0.2, 0) is 4.74 Å². The van der Waals surface area contributed by atoms with Crippen molar-refractivity contribution in [2.24, 2.45) is 23.7 Å². The number of fused-ring (bicyclic) bond motifs is 2. The molecule has 1 N–H and O–H groups in total. The Morgan fingerprint density at radius 1 is 1.15 bits per heavy atom. The Bertz CT molecular complexity index is 193. The SMILES string of the molecule is COC1C(C)C2CC(O)C(C)C1C2. The molecular formula is C11H20O2. The lowest BCUT2D eigenvalue weighted by Gasteiger charge is -2.32. The first kappa shape index (κ1) is 9.47. The van der Waals surface area contributed by atoms with E-state index in [1.54, 1.807) is 7.11 Å². The maximum atomic E-state index is 9.83. The van der Waals surface area contributed by atoms with Crippen LogP contribution in [0.2, 0.25) is 0 Å². The molecule has 6 unspecified atom stereocenters. The third kappa shape index (κ3) is 1.31. The lowest BCUT2D eigenvalue weighted by Crippen LogP contribution is -2.33. The van der Waals surface area contributed by atoms with E-state index in [0.29, 0.717) is 29.8 Å². The summed E-state index contributed by atoms with van der Waals surface area (Å²) in [6, 6.07) is 0. The first-order valence-corrected chi connectivity index (χ1v) is 5.36. The average molecular weight is 184 g/mol. The van der Waals surface area contributed by atoms with Crippen molar-refractivity contribution in [1.82, 2.24) is 0 Å². The van der Waals surface area contributed by atoms with E-state index < -0.39 is 0 Å². The lowest BCUT2D eigenvalue weighted by molar-refractivity contribution is -0.00487. The molecule has 2 nitrogen and oxygen atoms in total. The van der Waals surface area contributed by atoms with Gasteiger partial charge in [-0.1, -0.05) is 13.8 Å². The van der Waals surface area contributed by atoms with Gasteiger partial charge in [-0.3, -0.25) is 0 Å². The zero-order valence-corrected chi connectivity index (χ0v) is 8.73. The number of hydrogen-bond acceptors (Lipinski definition) is 2. The molecule has 0 aliphatic heterocycles. The fraction of sp³-hybridized carbons (Fsp3) is 1.00. The first-order chi connectivity index (χ1) is 6.15. The molecule has 2 aliphatic carbocycles. The predicted octanol–water partition coefficient (Wildman–Crippen LogP) is 1.67. The number of ether oxygens (including phenoxy) is 1. The number of aliphatic hydroxyl groups is 1. The van der Waals surface area contributed by atoms with Crippen molar-refractivity contribution >= 4 is 0 Å². The summed E-state index contributed by atoms with van der Waals surface area (Å²) in [6.07, 6.45) is 2.54. The van der Waals surface area contributed by atoms with Gasteiger partial charge in [0.2, 0.25) is 0 Å². The maximum Gasteiger partial charge on any atom is 0.0631 e. The highest BCUT2D eigenvalue weighted by Crippen LogP contribution is 2.49. The van der Waals surface area contributed by atoms with Gasteiger partial charge in [0.25, 0.3) is 0 Å². The van der Waals surface area contributed by atoms with Gasteiger partial charge in [-0.2, -0.15) is 0 Å². The maximum absolute atomic E-state index is 9.83. The highest BCUT2D eigenvalue weighted by molar-refractivity contribution is 4.98. The third-order valence-electron chi connectivity index (χ3n) is 4.36. The number of rotatable bonds is 1. The van der Waals surface area contributed by atoms with Crippen LogP contribution in [-0.4, -0.2) is 24.4 Å². The first-order valence-electron chi connectivity index (χ1n) is 5.36. The lowest BCUT2D eigenvalue weighted by atomic mass is 9.78. The zero-order chi connectivity index (χ0) is 9.59. The van der Waals surface area contributed by atoms with Crippen molar-refractivity contribution in [3.63, 3.8) is 0 Å². The van der Waals surface area contributed by atoms with E-state index >= 15 is 0 Å². The molecule has 0 aromatic rings. The smallest absolute Gasteiger partial charge is 0.0631 e. The minimum absolute atomic E-state index is 0.0913. The van der Waals surface area contributed by atoms with Crippen LogP contribution in [0.15, 0.2) is 0 Å². The van der Waals surface area contributed by atoms with Crippen LogP contribution in [0.1, 0.15) is 26.7 Å². The van der Waals surface area contributed by atoms with Crippen LogP contribution in [0.3, 0.4) is 0 Å². The molecule has 0 aromatic carbocycles. The minimum Gasteiger partial charge on any atom is -0.393 e. The summed E-state index contributed by atoms with van der Waals surface area (Å²) >= 11 is 0. The summed E-state index contributed by atoms with van der Waals surface area (Å²) in [4.78, 5) is 0. The molecule has 2 saturated carbocycles. The third-order valence-corrected chi connectivity index (χ3v) is 4.36. The van der Waals surface area contributed by atoms with Gasteiger partial charge in [-0.25, -0.2) is 0 Å². The quantitative estimate of drug-likeness (QED) is 0.671. The van der Waals surface area contributed by atoms with E-state index in [1.807, 2.05) is 0 Å². The molecule has 2 aliphatic rings. The van der Waals surface area contributed by atoms with Crippen molar-refractivity contribution in [2.45, 2.75) is 38.9 Å². The van der Waals surface area contributed by atoms with Crippen molar-refractivity contribution in [3.05, 3.63) is 0 Å². The molecular weight excluding hydrogens is 164 g/mol. The summed E-state index contributed by atoms with van der Waals surface area (Å²) in [6.45, 7) is 4.43. The molecule has 76 valence electrons.